The van der Waals surface area contributed by atoms with E-state index in [1.165, 1.54) is 16.4 Å². The second-order valence-corrected chi connectivity index (χ2v) is 8.30. The van der Waals surface area contributed by atoms with Crippen molar-refractivity contribution >= 4 is 16.0 Å². The van der Waals surface area contributed by atoms with E-state index >= 15 is 0 Å². The second-order valence-electron chi connectivity index (χ2n) is 6.63. The van der Waals surface area contributed by atoms with E-state index in [9.17, 15) is 12.8 Å². The average molecular weight is 393 g/mol. The van der Waals surface area contributed by atoms with Crippen LogP contribution in [-0.4, -0.2) is 48.8 Å². The highest BCUT2D eigenvalue weighted by molar-refractivity contribution is 7.90. The SMILES string of the molecule is CCc1cccc(NS(=O)(=O)N2CCCN(Cc3ccc(F)cc3)CC2)n1. The molecule has 2 aromatic rings. The summed E-state index contributed by atoms with van der Waals surface area (Å²) in [6.45, 7) is 4.95. The fraction of sp³-hybridized carbons (Fsp3) is 0.421. The summed E-state index contributed by atoms with van der Waals surface area (Å²) in [4.78, 5) is 6.51. The molecule has 0 unspecified atom stereocenters. The molecule has 2 heterocycles. The van der Waals surface area contributed by atoms with Gasteiger partial charge in [0.15, 0.2) is 0 Å². The Balaban J connectivity index is 1.61. The lowest BCUT2D eigenvalue weighted by Crippen LogP contribution is -2.38. The molecule has 1 fully saturated rings. The largest absolute Gasteiger partial charge is 0.302 e. The van der Waals surface area contributed by atoms with Crippen LogP contribution in [0.3, 0.4) is 0 Å². The standard InChI is InChI=1S/C19H25FN4O2S/c1-2-18-5-3-6-19(21-18)22-27(25,26)24-12-4-11-23(13-14-24)15-16-7-9-17(20)10-8-16/h3,5-10H,2,4,11-15H2,1H3,(H,21,22). The van der Waals surface area contributed by atoms with E-state index in [1.54, 1.807) is 24.3 Å². The van der Waals surface area contributed by atoms with Gasteiger partial charge in [-0.25, -0.2) is 9.37 Å². The second kappa shape index (κ2) is 8.77. The minimum absolute atomic E-state index is 0.251. The van der Waals surface area contributed by atoms with Crippen molar-refractivity contribution in [3.8, 4) is 0 Å². The number of benzene rings is 1. The van der Waals surface area contributed by atoms with Gasteiger partial charge in [-0.15, -0.1) is 0 Å². The zero-order valence-electron chi connectivity index (χ0n) is 15.4. The molecule has 146 valence electrons. The quantitative estimate of drug-likeness (QED) is 0.821. The molecular weight excluding hydrogens is 367 g/mol. The first-order valence-electron chi connectivity index (χ1n) is 9.17. The molecule has 27 heavy (non-hydrogen) atoms. The number of anilines is 1. The minimum Gasteiger partial charge on any atom is -0.298 e. The van der Waals surface area contributed by atoms with Crippen LogP contribution < -0.4 is 4.72 Å². The Morgan fingerprint density at radius 2 is 1.85 bits per heavy atom. The Hall–Kier alpha value is -2.03. The van der Waals surface area contributed by atoms with Gasteiger partial charge in [0.2, 0.25) is 0 Å². The molecule has 0 spiro atoms. The van der Waals surface area contributed by atoms with Crippen LogP contribution in [0.15, 0.2) is 42.5 Å². The van der Waals surface area contributed by atoms with Gasteiger partial charge in [0, 0.05) is 31.9 Å². The maximum Gasteiger partial charge on any atom is 0.302 e. The molecule has 0 aliphatic carbocycles. The normalized spacial score (nSPS) is 16.8. The Kier molecular flexibility index (Phi) is 6.41. The molecule has 1 aromatic carbocycles. The monoisotopic (exact) mass is 392 g/mol. The lowest BCUT2D eigenvalue weighted by Gasteiger charge is -2.22. The third kappa shape index (κ3) is 5.47. The lowest BCUT2D eigenvalue weighted by molar-refractivity contribution is 0.278. The fourth-order valence-electron chi connectivity index (χ4n) is 3.12. The van der Waals surface area contributed by atoms with Gasteiger partial charge >= 0.3 is 10.2 Å². The van der Waals surface area contributed by atoms with E-state index in [4.69, 9.17) is 0 Å². The van der Waals surface area contributed by atoms with Gasteiger partial charge in [-0.05, 0) is 49.2 Å². The molecule has 8 heteroatoms. The smallest absolute Gasteiger partial charge is 0.298 e. The van der Waals surface area contributed by atoms with Gasteiger partial charge in [-0.3, -0.25) is 9.62 Å². The molecule has 0 atom stereocenters. The highest BCUT2D eigenvalue weighted by Gasteiger charge is 2.25. The molecule has 1 saturated heterocycles. The third-order valence-electron chi connectivity index (χ3n) is 4.61. The summed E-state index contributed by atoms with van der Waals surface area (Å²) in [5, 5.41) is 0. The number of aryl methyl sites for hydroxylation is 1. The van der Waals surface area contributed by atoms with Crippen molar-refractivity contribution in [1.82, 2.24) is 14.2 Å². The predicted octanol–water partition coefficient (Wildman–Crippen LogP) is 2.65. The molecule has 0 radical (unpaired) electrons. The van der Waals surface area contributed by atoms with E-state index in [1.807, 2.05) is 13.0 Å². The molecule has 1 aromatic heterocycles. The van der Waals surface area contributed by atoms with Crippen molar-refractivity contribution in [1.29, 1.82) is 0 Å². The number of halogens is 1. The molecule has 0 amide bonds. The Bertz CT molecular complexity index is 858. The van der Waals surface area contributed by atoms with E-state index in [0.29, 0.717) is 32.0 Å². The van der Waals surface area contributed by atoms with Crippen molar-refractivity contribution in [3.63, 3.8) is 0 Å². The van der Waals surface area contributed by atoms with Gasteiger partial charge < -0.3 is 0 Å². The van der Waals surface area contributed by atoms with Crippen molar-refractivity contribution < 1.29 is 12.8 Å². The van der Waals surface area contributed by atoms with Crippen molar-refractivity contribution in [2.24, 2.45) is 0 Å². The number of rotatable bonds is 6. The molecule has 0 bridgehead atoms. The minimum atomic E-state index is -3.64. The molecule has 3 rings (SSSR count). The predicted molar refractivity (Wildman–Crippen MR) is 104 cm³/mol. The van der Waals surface area contributed by atoms with Crippen LogP contribution in [0.2, 0.25) is 0 Å². The number of nitrogens with zero attached hydrogens (tertiary/aromatic N) is 3. The third-order valence-corrected chi connectivity index (χ3v) is 6.12. The summed E-state index contributed by atoms with van der Waals surface area (Å²) in [6, 6.07) is 11.8. The molecule has 6 nitrogen and oxygen atoms in total. The van der Waals surface area contributed by atoms with Gasteiger partial charge in [-0.1, -0.05) is 25.1 Å². The van der Waals surface area contributed by atoms with Crippen molar-refractivity contribution in [2.45, 2.75) is 26.3 Å². The van der Waals surface area contributed by atoms with E-state index in [2.05, 4.69) is 14.6 Å². The maximum atomic E-state index is 13.0. The zero-order valence-corrected chi connectivity index (χ0v) is 16.3. The van der Waals surface area contributed by atoms with Crippen LogP contribution >= 0.6 is 0 Å². The summed E-state index contributed by atoms with van der Waals surface area (Å²) in [7, 11) is -3.64. The fourth-order valence-corrected chi connectivity index (χ4v) is 4.32. The summed E-state index contributed by atoms with van der Waals surface area (Å²) >= 11 is 0. The number of hydrogen-bond acceptors (Lipinski definition) is 4. The molecule has 1 aliphatic rings. The summed E-state index contributed by atoms with van der Waals surface area (Å²) in [5.74, 6) is 0.0977. The summed E-state index contributed by atoms with van der Waals surface area (Å²) in [5.41, 5.74) is 1.86. The van der Waals surface area contributed by atoms with Crippen molar-refractivity contribution in [2.75, 3.05) is 30.9 Å². The van der Waals surface area contributed by atoms with Crippen LogP contribution in [-0.2, 0) is 23.2 Å². The van der Waals surface area contributed by atoms with Gasteiger partial charge in [0.1, 0.15) is 11.6 Å². The van der Waals surface area contributed by atoms with Gasteiger partial charge in [-0.2, -0.15) is 12.7 Å². The van der Waals surface area contributed by atoms with Crippen molar-refractivity contribution in [3.05, 3.63) is 59.5 Å². The number of aromatic nitrogens is 1. The first kappa shape index (κ1) is 19.7. The van der Waals surface area contributed by atoms with E-state index < -0.39 is 10.2 Å². The molecule has 1 aliphatic heterocycles. The Morgan fingerprint density at radius 1 is 1.07 bits per heavy atom. The van der Waals surface area contributed by atoms with Crippen LogP contribution in [0.4, 0.5) is 10.2 Å². The first-order chi connectivity index (χ1) is 13.0. The van der Waals surface area contributed by atoms with Crippen LogP contribution in [0, 0.1) is 5.82 Å². The molecule has 1 N–H and O–H groups in total. The highest BCUT2D eigenvalue weighted by atomic mass is 32.2. The number of pyridine rings is 1. The summed E-state index contributed by atoms with van der Waals surface area (Å²) in [6.07, 6.45) is 1.49. The zero-order chi connectivity index (χ0) is 19.3. The van der Waals surface area contributed by atoms with Gasteiger partial charge in [0.05, 0.1) is 0 Å². The van der Waals surface area contributed by atoms with Crippen LogP contribution in [0.1, 0.15) is 24.6 Å². The topological polar surface area (TPSA) is 65.5 Å². The lowest BCUT2D eigenvalue weighted by atomic mass is 10.2. The Labute approximate surface area is 160 Å². The van der Waals surface area contributed by atoms with Gasteiger partial charge in [0.25, 0.3) is 0 Å². The molecule has 0 saturated carbocycles. The first-order valence-corrected chi connectivity index (χ1v) is 10.6. The van der Waals surface area contributed by atoms with Crippen LogP contribution in [0.5, 0.6) is 0 Å². The number of hydrogen-bond donors (Lipinski definition) is 1. The summed E-state index contributed by atoms with van der Waals surface area (Å²) < 4.78 is 42.5. The van der Waals surface area contributed by atoms with E-state index in [-0.39, 0.29) is 5.82 Å². The molecular formula is C19H25FN4O2S. The average Bonchev–Trinajstić information content (AvgIpc) is 2.90. The maximum absolute atomic E-state index is 13.0. The highest BCUT2D eigenvalue weighted by Crippen LogP contribution is 2.15. The van der Waals surface area contributed by atoms with Crippen LogP contribution in [0.25, 0.3) is 0 Å². The Morgan fingerprint density at radius 3 is 2.59 bits per heavy atom. The van der Waals surface area contributed by atoms with E-state index in [0.717, 1.165) is 30.6 Å². The number of nitrogens with one attached hydrogen (secondary N) is 1.